The Morgan fingerprint density at radius 2 is 2.13 bits per heavy atom. The maximum absolute atomic E-state index is 10.5. The highest BCUT2D eigenvalue weighted by Crippen LogP contribution is 2.25. The van der Waals surface area contributed by atoms with Gasteiger partial charge in [0, 0.05) is 22.7 Å². The van der Waals surface area contributed by atoms with E-state index in [1.165, 1.54) is 6.20 Å². The Labute approximate surface area is 85.5 Å². The second kappa shape index (κ2) is 3.45. The van der Waals surface area contributed by atoms with Crippen LogP contribution < -0.4 is 11.1 Å². The second-order valence-corrected chi connectivity index (χ2v) is 3.03. The number of nitrogens with zero attached hydrogens (tertiary/aromatic N) is 1. The summed E-state index contributed by atoms with van der Waals surface area (Å²) in [6.07, 6.45) is 0.377. The van der Waals surface area contributed by atoms with Crippen molar-refractivity contribution < 1.29 is 9.90 Å². The summed E-state index contributed by atoms with van der Waals surface area (Å²) in [7, 11) is 0. The van der Waals surface area contributed by atoms with Gasteiger partial charge in [0.15, 0.2) is 0 Å². The second-order valence-electron chi connectivity index (χ2n) is 3.03. The summed E-state index contributed by atoms with van der Waals surface area (Å²) < 4.78 is 0. The van der Waals surface area contributed by atoms with Gasteiger partial charge in [0.25, 0.3) is 0 Å². The molecule has 76 valence electrons. The topological polar surface area (TPSA) is 88.2 Å². The summed E-state index contributed by atoms with van der Waals surface area (Å²) in [4.78, 5) is 14.5. The number of pyridine rings is 1. The highest BCUT2D eigenvalue weighted by atomic mass is 16.4. The molecule has 2 rings (SSSR count). The number of fused-ring (bicyclic) bond motifs is 1. The molecule has 2 aromatic rings. The number of rotatable bonds is 1. The van der Waals surface area contributed by atoms with Crippen molar-refractivity contribution in [3.05, 3.63) is 30.5 Å². The molecule has 0 spiro atoms. The molecule has 0 fully saturated rings. The Morgan fingerprint density at radius 1 is 1.33 bits per heavy atom. The number of anilines is 2. The zero-order valence-electron chi connectivity index (χ0n) is 7.77. The largest absolute Gasteiger partial charge is 0.465 e. The van der Waals surface area contributed by atoms with Gasteiger partial charge in [0.2, 0.25) is 0 Å². The smallest absolute Gasteiger partial charge is 0.410 e. The van der Waals surface area contributed by atoms with Gasteiger partial charge in [-0.05, 0) is 12.1 Å². The summed E-state index contributed by atoms with van der Waals surface area (Å²) in [5.41, 5.74) is 6.35. The van der Waals surface area contributed by atoms with Crippen LogP contribution in [0, 0.1) is 0 Å². The quantitative estimate of drug-likeness (QED) is 0.617. The summed E-state index contributed by atoms with van der Waals surface area (Å²) in [5, 5.41) is 12.3. The van der Waals surface area contributed by atoms with Crippen molar-refractivity contribution >= 4 is 28.4 Å². The van der Waals surface area contributed by atoms with Crippen molar-refractivity contribution in [3.63, 3.8) is 0 Å². The normalized spacial score (nSPS) is 10.1. The van der Waals surface area contributed by atoms with Crippen molar-refractivity contribution in [3.8, 4) is 0 Å². The monoisotopic (exact) mass is 203 g/mol. The molecule has 0 aliphatic rings. The molecule has 1 amide bonds. The van der Waals surface area contributed by atoms with Crippen LogP contribution in [0.2, 0.25) is 0 Å². The van der Waals surface area contributed by atoms with Gasteiger partial charge < -0.3 is 10.8 Å². The number of carbonyl (C=O) groups is 1. The van der Waals surface area contributed by atoms with Crippen LogP contribution in [0.1, 0.15) is 0 Å². The van der Waals surface area contributed by atoms with Crippen molar-refractivity contribution in [2.45, 2.75) is 0 Å². The van der Waals surface area contributed by atoms with Crippen molar-refractivity contribution in [2.24, 2.45) is 0 Å². The van der Waals surface area contributed by atoms with Gasteiger partial charge in [0.05, 0.1) is 0 Å². The van der Waals surface area contributed by atoms with Crippen LogP contribution in [0.5, 0.6) is 0 Å². The van der Waals surface area contributed by atoms with Gasteiger partial charge in [-0.15, -0.1) is 0 Å². The highest BCUT2D eigenvalue weighted by molar-refractivity contribution is 6.02. The van der Waals surface area contributed by atoms with Crippen LogP contribution in [0.3, 0.4) is 0 Å². The van der Waals surface area contributed by atoms with Gasteiger partial charge in [-0.1, -0.05) is 12.1 Å². The fourth-order valence-corrected chi connectivity index (χ4v) is 1.43. The lowest BCUT2D eigenvalue weighted by atomic mass is 10.1. The lowest BCUT2D eigenvalue weighted by molar-refractivity contribution is 0.209. The minimum absolute atomic E-state index is 0.298. The lowest BCUT2D eigenvalue weighted by Crippen LogP contribution is -2.09. The van der Waals surface area contributed by atoms with Crippen molar-refractivity contribution in [2.75, 3.05) is 11.1 Å². The number of nitrogens with one attached hydrogen (secondary N) is 1. The molecule has 0 saturated heterocycles. The third-order valence-corrected chi connectivity index (χ3v) is 2.07. The molecule has 0 bridgehead atoms. The highest BCUT2D eigenvalue weighted by Gasteiger charge is 2.06. The van der Waals surface area contributed by atoms with Crippen LogP contribution in [0.15, 0.2) is 30.5 Å². The Kier molecular flexibility index (Phi) is 2.13. The van der Waals surface area contributed by atoms with Crippen molar-refractivity contribution in [1.82, 2.24) is 4.98 Å². The minimum atomic E-state index is -1.14. The van der Waals surface area contributed by atoms with Crippen LogP contribution in [0.4, 0.5) is 16.3 Å². The molecule has 0 radical (unpaired) electrons. The third-order valence-electron chi connectivity index (χ3n) is 2.07. The number of carboxylic acid groups (broad SMARTS) is 1. The van der Waals surface area contributed by atoms with E-state index < -0.39 is 6.09 Å². The van der Waals surface area contributed by atoms with Gasteiger partial charge in [-0.2, -0.15) is 0 Å². The van der Waals surface area contributed by atoms with E-state index in [4.69, 9.17) is 10.8 Å². The first-order valence-electron chi connectivity index (χ1n) is 4.31. The van der Waals surface area contributed by atoms with E-state index in [9.17, 15) is 4.79 Å². The predicted molar refractivity (Wildman–Crippen MR) is 57.8 cm³/mol. The first-order valence-corrected chi connectivity index (χ1v) is 4.31. The molecule has 0 aliphatic heterocycles. The summed E-state index contributed by atoms with van der Waals surface area (Å²) in [6.45, 7) is 0. The summed E-state index contributed by atoms with van der Waals surface area (Å²) in [5.74, 6) is 0.298. The molecule has 0 aliphatic carbocycles. The standard InChI is InChI=1S/C10H9N3O2/c11-8-3-1-2-7-6(8)4-5-12-9(7)13-10(14)15/h1-5H,11H2,(H,12,13)(H,14,15). The van der Waals surface area contributed by atoms with Crippen LogP contribution >= 0.6 is 0 Å². The van der Waals surface area contributed by atoms with E-state index in [1.807, 2.05) is 0 Å². The zero-order chi connectivity index (χ0) is 10.8. The number of amides is 1. The Hall–Kier alpha value is -2.30. The SMILES string of the molecule is Nc1cccc2c(NC(=O)O)nccc12. The molecule has 15 heavy (non-hydrogen) atoms. The maximum atomic E-state index is 10.5. The van der Waals surface area contributed by atoms with Crippen LogP contribution in [-0.4, -0.2) is 16.2 Å². The number of hydrogen-bond donors (Lipinski definition) is 3. The molecule has 1 aromatic carbocycles. The number of aromatic nitrogens is 1. The average molecular weight is 203 g/mol. The van der Waals surface area contributed by atoms with E-state index >= 15 is 0 Å². The van der Waals surface area contributed by atoms with Gasteiger partial charge in [0.1, 0.15) is 5.82 Å². The number of hydrogen-bond acceptors (Lipinski definition) is 3. The summed E-state index contributed by atoms with van der Waals surface area (Å²) in [6, 6.07) is 7.03. The minimum Gasteiger partial charge on any atom is -0.465 e. The van der Waals surface area contributed by atoms with E-state index in [1.54, 1.807) is 24.3 Å². The average Bonchev–Trinajstić information content (AvgIpc) is 2.19. The number of benzene rings is 1. The Bertz CT molecular complexity index is 525. The van der Waals surface area contributed by atoms with E-state index in [-0.39, 0.29) is 0 Å². The van der Waals surface area contributed by atoms with Crippen molar-refractivity contribution in [1.29, 1.82) is 0 Å². The molecule has 0 unspecified atom stereocenters. The van der Waals surface area contributed by atoms with Gasteiger partial charge in [-0.25, -0.2) is 9.78 Å². The molecule has 1 aromatic heterocycles. The fraction of sp³-hybridized carbons (Fsp3) is 0. The summed E-state index contributed by atoms with van der Waals surface area (Å²) >= 11 is 0. The molecule has 4 N–H and O–H groups in total. The Morgan fingerprint density at radius 3 is 2.87 bits per heavy atom. The van der Waals surface area contributed by atoms with E-state index in [0.717, 1.165) is 5.39 Å². The number of nitrogen functional groups attached to an aromatic ring is 1. The van der Waals surface area contributed by atoms with Crippen LogP contribution in [-0.2, 0) is 0 Å². The van der Waals surface area contributed by atoms with Gasteiger partial charge >= 0.3 is 6.09 Å². The van der Waals surface area contributed by atoms with Gasteiger partial charge in [-0.3, -0.25) is 5.32 Å². The molecule has 0 atom stereocenters. The molecule has 0 saturated carbocycles. The lowest BCUT2D eigenvalue weighted by Gasteiger charge is -2.06. The Balaban J connectivity index is 2.65. The fourth-order valence-electron chi connectivity index (χ4n) is 1.43. The van der Waals surface area contributed by atoms with E-state index in [2.05, 4.69) is 10.3 Å². The number of nitrogens with two attached hydrogens (primary N) is 1. The third kappa shape index (κ3) is 1.67. The maximum Gasteiger partial charge on any atom is 0.410 e. The molecule has 5 nitrogen and oxygen atoms in total. The molecule has 1 heterocycles. The molecular weight excluding hydrogens is 194 g/mol. The predicted octanol–water partition coefficient (Wildman–Crippen LogP) is 1.91. The first-order chi connectivity index (χ1) is 7.18. The van der Waals surface area contributed by atoms with E-state index in [0.29, 0.717) is 16.9 Å². The molecular formula is C10H9N3O2. The van der Waals surface area contributed by atoms with Crippen LogP contribution in [0.25, 0.3) is 10.8 Å². The first kappa shape index (κ1) is 9.26. The molecule has 5 heteroatoms. The zero-order valence-corrected chi connectivity index (χ0v) is 7.77.